The van der Waals surface area contributed by atoms with Gasteiger partial charge in [-0.2, -0.15) is 4.68 Å². The first-order chi connectivity index (χ1) is 11.1. The van der Waals surface area contributed by atoms with E-state index in [0.717, 1.165) is 11.3 Å². The Balaban J connectivity index is 1.81. The molecule has 1 aromatic carbocycles. The average Bonchev–Trinajstić information content (AvgIpc) is 2.84. The molecular weight excluding hydrogens is 316 g/mol. The summed E-state index contributed by atoms with van der Waals surface area (Å²) in [6, 6.07) is 11.0. The van der Waals surface area contributed by atoms with Gasteiger partial charge in [0, 0.05) is 23.3 Å². The van der Waals surface area contributed by atoms with Gasteiger partial charge in [-0.05, 0) is 37.4 Å². The predicted molar refractivity (Wildman–Crippen MR) is 88.9 cm³/mol. The van der Waals surface area contributed by atoms with Crippen molar-refractivity contribution in [3.05, 3.63) is 63.7 Å². The summed E-state index contributed by atoms with van der Waals surface area (Å²) in [7, 11) is 3.54. The van der Waals surface area contributed by atoms with Gasteiger partial charge >= 0.3 is 5.69 Å². The van der Waals surface area contributed by atoms with Crippen molar-refractivity contribution in [2.45, 2.75) is 13.2 Å². The molecule has 0 amide bonds. The van der Waals surface area contributed by atoms with Gasteiger partial charge in [0.2, 0.25) is 0 Å². The summed E-state index contributed by atoms with van der Waals surface area (Å²) in [6.45, 7) is 0.959. The number of ether oxygens (including phenoxy) is 1. The van der Waals surface area contributed by atoms with Crippen molar-refractivity contribution in [1.82, 2.24) is 19.1 Å². The summed E-state index contributed by atoms with van der Waals surface area (Å²) in [4.78, 5) is 14.3. The Labute approximate surface area is 138 Å². The smallest absolute Gasteiger partial charge is 0.351 e. The maximum absolute atomic E-state index is 12.3. The second kappa shape index (κ2) is 6.44. The third kappa shape index (κ3) is 3.23. The fraction of sp³-hybridized carbons (Fsp3) is 0.250. The lowest BCUT2D eigenvalue weighted by Gasteiger charge is -2.18. The number of fused-ring (bicyclic) bond motifs is 1. The van der Waals surface area contributed by atoms with Crippen LogP contribution in [0.5, 0.6) is 5.75 Å². The molecule has 0 aliphatic heterocycles. The van der Waals surface area contributed by atoms with Gasteiger partial charge in [-0.25, -0.2) is 4.79 Å². The van der Waals surface area contributed by atoms with Crippen molar-refractivity contribution in [2.24, 2.45) is 0 Å². The monoisotopic (exact) mass is 332 g/mol. The molecule has 0 N–H and O–H groups in total. The van der Waals surface area contributed by atoms with E-state index >= 15 is 0 Å². The average molecular weight is 333 g/mol. The summed E-state index contributed by atoms with van der Waals surface area (Å²) in [5.41, 5.74) is 1.43. The van der Waals surface area contributed by atoms with Crippen molar-refractivity contribution in [2.75, 3.05) is 14.2 Å². The molecular formula is C16H17ClN4O2. The highest BCUT2D eigenvalue weighted by atomic mass is 35.5. The fourth-order valence-electron chi connectivity index (χ4n) is 2.50. The van der Waals surface area contributed by atoms with Crippen LogP contribution in [0.1, 0.15) is 5.56 Å². The van der Waals surface area contributed by atoms with Crippen molar-refractivity contribution >= 4 is 17.2 Å². The zero-order valence-electron chi connectivity index (χ0n) is 12.9. The van der Waals surface area contributed by atoms with Gasteiger partial charge in [-0.1, -0.05) is 17.7 Å². The minimum atomic E-state index is -0.162. The van der Waals surface area contributed by atoms with Gasteiger partial charge < -0.3 is 4.74 Å². The van der Waals surface area contributed by atoms with Crippen LogP contribution in [0.4, 0.5) is 0 Å². The molecule has 0 saturated heterocycles. The molecule has 0 spiro atoms. The molecule has 2 aromatic heterocycles. The molecule has 0 unspecified atom stereocenters. The predicted octanol–water partition coefficient (Wildman–Crippen LogP) is 2.25. The number of pyridine rings is 1. The minimum absolute atomic E-state index is 0.162. The summed E-state index contributed by atoms with van der Waals surface area (Å²) in [6.07, 6.45) is 1.71. The van der Waals surface area contributed by atoms with Crippen LogP contribution in [0, 0.1) is 0 Å². The highest BCUT2D eigenvalue weighted by molar-refractivity contribution is 6.30. The standard InChI is InChI=1S/C16H17ClN4O2/c1-19(10-12-9-13(17)6-7-14(12)23-2)11-21-16(22)20-8-4-3-5-15(20)18-21/h3-9H,10-11H2,1-2H3. The topological polar surface area (TPSA) is 51.8 Å². The van der Waals surface area contributed by atoms with Gasteiger partial charge in [-0.3, -0.25) is 9.30 Å². The largest absolute Gasteiger partial charge is 0.496 e. The number of methoxy groups -OCH3 is 1. The number of aromatic nitrogens is 3. The van der Waals surface area contributed by atoms with Crippen LogP contribution in [0.2, 0.25) is 5.02 Å². The van der Waals surface area contributed by atoms with Crippen LogP contribution in [0.3, 0.4) is 0 Å². The highest BCUT2D eigenvalue weighted by Crippen LogP contribution is 2.23. The molecule has 23 heavy (non-hydrogen) atoms. The van der Waals surface area contributed by atoms with E-state index in [2.05, 4.69) is 5.10 Å². The Morgan fingerprint density at radius 3 is 2.87 bits per heavy atom. The maximum Gasteiger partial charge on any atom is 0.351 e. The second-order valence-corrected chi connectivity index (χ2v) is 5.76. The van der Waals surface area contributed by atoms with Crippen molar-refractivity contribution in [3.63, 3.8) is 0 Å². The molecule has 3 rings (SSSR count). The van der Waals surface area contributed by atoms with E-state index in [-0.39, 0.29) is 5.69 Å². The number of rotatable bonds is 5. The molecule has 120 valence electrons. The van der Waals surface area contributed by atoms with Crippen molar-refractivity contribution < 1.29 is 4.74 Å². The Morgan fingerprint density at radius 1 is 1.30 bits per heavy atom. The third-order valence-electron chi connectivity index (χ3n) is 3.55. The normalized spacial score (nSPS) is 11.3. The van der Waals surface area contributed by atoms with E-state index in [1.165, 1.54) is 9.08 Å². The van der Waals surface area contributed by atoms with E-state index in [9.17, 15) is 4.79 Å². The van der Waals surface area contributed by atoms with Crippen LogP contribution >= 0.6 is 11.6 Å². The van der Waals surface area contributed by atoms with E-state index in [4.69, 9.17) is 16.3 Å². The van der Waals surface area contributed by atoms with Gasteiger partial charge in [-0.15, -0.1) is 5.10 Å². The zero-order chi connectivity index (χ0) is 16.4. The zero-order valence-corrected chi connectivity index (χ0v) is 13.7. The lowest BCUT2D eigenvalue weighted by molar-refractivity contribution is 0.239. The number of hydrogen-bond acceptors (Lipinski definition) is 4. The van der Waals surface area contributed by atoms with E-state index in [1.807, 2.05) is 30.1 Å². The first-order valence-electron chi connectivity index (χ1n) is 7.13. The van der Waals surface area contributed by atoms with Crippen LogP contribution in [-0.4, -0.2) is 33.2 Å². The number of benzene rings is 1. The van der Waals surface area contributed by atoms with Gasteiger partial charge in [0.15, 0.2) is 5.65 Å². The molecule has 0 saturated carbocycles. The Hall–Kier alpha value is -2.31. The summed E-state index contributed by atoms with van der Waals surface area (Å²) in [5.74, 6) is 0.767. The molecule has 0 radical (unpaired) electrons. The first kappa shape index (κ1) is 15.6. The lowest BCUT2D eigenvalue weighted by atomic mass is 10.2. The maximum atomic E-state index is 12.3. The van der Waals surface area contributed by atoms with Crippen LogP contribution < -0.4 is 10.4 Å². The highest BCUT2D eigenvalue weighted by Gasteiger charge is 2.11. The molecule has 6 nitrogen and oxygen atoms in total. The van der Waals surface area contributed by atoms with E-state index in [0.29, 0.717) is 23.9 Å². The van der Waals surface area contributed by atoms with Crippen LogP contribution in [-0.2, 0) is 13.2 Å². The Morgan fingerprint density at radius 2 is 2.13 bits per heavy atom. The molecule has 2 heterocycles. The van der Waals surface area contributed by atoms with Crippen molar-refractivity contribution in [1.29, 1.82) is 0 Å². The molecule has 0 fully saturated rings. The van der Waals surface area contributed by atoms with Gasteiger partial charge in [0.1, 0.15) is 5.75 Å². The quantitative estimate of drug-likeness (QED) is 0.719. The molecule has 7 heteroatoms. The van der Waals surface area contributed by atoms with Crippen LogP contribution in [0.15, 0.2) is 47.4 Å². The van der Waals surface area contributed by atoms with Crippen molar-refractivity contribution in [3.8, 4) is 5.75 Å². The van der Waals surface area contributed by atoms with E-state index < -0.39 is 0 Å². The molecule has 0 aliphatic carbocycles. The molecule has 0 aliphatic rings. The molecule has 0 bridgehead atoms. The molecule has 3 aromatic rings. The van der Waals surface area contributed by atoms with Gasteiger partial charge in [0.25, 0.3) is 0 Å². The first-order valence-corrected chi connectivity index (χ1v) is 7.51. The fourth-order valence-corrected chi connectivity index (χ4v) is 2.70. The second-order valence-electron chi connectivity index (χ2n) is 5.32. The number of halogens is 1. The third-order valence-corrected chi connectivity index (χ3v) is 3.78. The molecule has 0 atom stereocenters. The van der Waals surface area contributed by atoms with Gasteiger partial charge in [0.05, 0.1) is 13.8 Å². The number of nitrogens with zero attached hydrogens (tertiary/aromatic N) is 4. The van der Waals surface area contributed by atoms with E-state index in [1.54, 1.807) is 31.5 Å². The van der Waals surface area contributed by atoms with Crippen LogP contribution in [0.25, 0.3) is 5.65 Å². The summed E-state index contributed by atoms with van der Waals surface area (Å²) in [5, 5.41) is 4.97. The minimum Gasteiger partial charge on any atom is -0.496 e. The summed E-state index contributed by atoms with van der Waals surface area (Å²) < 4.78 is 8.31. The SMILES string of the molecule is COc1ccc(Cl)cc1CN(C)Cn1nc2ccccn2c1=O. The lowest BCUT2D eigenvalue weighted by Crippen LogP contribution is -2.30. The Bertz CT molecular complexity index is 887. The Kier molecular flexibility index (Phi) is 4.36. The summed E-state index contributed by atoms with van der Waals surface area (Å²) >= 11 is 6.05. The number of hydrogen-bond donors (Lipinski definition) is 0.